The van der Waals surface area contributed by atoms with Gasteiger partial charge in [-0.15, -0.1) is 0 Å². The molecule has 1 heterocycles. The first-order valence-electron chi connectivity index (χ1n) is 7.86. The van der Waals surface area contributed by atoms with Crippen LogP contribution in [0.1, 0.15) is 72.6 Å². The van der Waals surface area contributed by atoms with Gasteiger partial charge in [0.25, 0.3) is 0 Å². The molecule has 1 saturated heterocycles. The lowest BCUT2D eigenvalue weighted by atomic mass is 9.80. The van der Waals surface area contributed by atoms with Gasteiger partial charge in [-0.25, -0.2) is 0 Å². The molecule has 1 rings (SSSR count). The highest BCUT2D eigenvalue weighted by Crippen LogP contribution is 2.37. The lowest BCUT2D eigenvalue weighted by molar-refractivity contribution is -0.105. The zero-order valence-electron chi connectivity index (χ0n) is 13.4. The molecule has 0 radical (unpaired) electrons. The van der Waals surface area contributed by atoms with Gasteiger partial charge in [0.05, 0.1) is 6.73 Å². The summed E-state index contributed by atoms with van der Waals surface area (Å²) < 4.78 is 5.89. The van der Waals surface area contributed by atoms with Crippen molar-refractivity contribution in [1.82, 2.24) is 4.90 Å². The lowest BCUT2D eigenvalue weighted by Crippen LogP contribution is -2.59. The fourth-order valence-electron chi connectivity index (χ4n) is 3.22. The molecule has 0 amide bonds. The maximum absolute atomic E-state index is 8.72. The Morgan fingerprint density at radius 2 is 1.53 bits per heavy atom. The van der Waals surface area contributed by atoms with E-state index >= 15 is 0 Å². The highest BCUT2D eigenvalue weighted by molar-refractivity contribution is 4.95. The first-order chi connectivity index (χ1) is 8.90. The minimum Gasteiger partial charge on any atom is -0.396 e. The van der Waals surface area contributed by atoms with E-state index in [4.69, 9.17) is 9.84 Å². The molecule has 1 aliphatic heterocycles. The molecule has 0 bridgehead atoms. The Balaban J connectivity index is 2.25. The first-order valence-corrected chi connectivity index (χ1v) is 7.86. The molecule has 3 nitrogen and oxygen atoms in total. The van der Waals surface area contributed by atoms with Crippen LogP contribution in [0.3, 0.4) is 0 Å². The summed E-state index contributed by atoms with van der Waals surface area (Å²) in [7, 11) is 0. The van der Waals surface area contributed by atoms with Crippen LogP contribution in [0.4, 0.5) is 0 Å². The second kappa shape index (κ2) is 7.61. The molecule has 0 aromatic rings. The Morgan fingerprint density at radius 1 is 0.947 bits per heavy atom. The molecule has 0 aromatic carbocycles. The Kier molecular flexibility index (Phi) is 6.78. The molecule has 1 fully saturated rings. The van der Waals surface area contributed by atoms with Gasteiger partial charge in [0.1, 0.15) is 0 Å². The van der Waals surface area contributed by atoms with Crippen molar-refractivity contribution in [3.05, 3.63) is 0 Å². The number of aliphatic hydroxyl groups excluding tert-OH is 1. The summed E-state index contributed by atoms with van der Waals surface area (Å²) in [6.07, 6.45) is 8.14. The van der Waals surface area contributed by atoms with E-state index in [0.29, 0.717) is 6.61 Å². The quantitative estimate of drug-likeness (QED) is 0.685. The van der Waals surface area contributed by atoms with E-state index in [2.05, 4.69) is 32.6 Å². The third-order valence-electron chi connectivity index (χ3n) is 4.46. The first kappa shape index (κ1) is 16.9. The summed E-state index contributed by atoms with van der Waals surface area (Å²) in [5, 5.41) is 8.72. The molecule has 3 heteroatoms. The van der Waals surface area contributed by atoms with Crippen LogP contribution in [-0.4, -0.2) is 41.0 Å². The van der Waals surface area contributed by atoms with E-state index < -0.39 is 0 Å². The predicted octanol–water partition coefficient (Wildman–Crippen LogP) is 3.56. The normalized spacial score (nSPS) is 22.6. The Morgan fingerprint density at radius 3 is 2.11 bits per heavy atom. The summed E-state index contributed by atoms with van der Waals surface area (Å²) >= 11 is 0. The number of ether oxygens (including phenoxy) is 1. The van der Waals surface area contributed by atoms with Crippen molar-refractivity contribution in [2.45, 2.75) is 83.7 Å². The van der Waals surface area contributed by atoms with Crippen LogP contribution in [0.25, 0.3) is 0 Å². The molecule has 0 saturated carbocycles. The second-order valence-electron chi connectivity index (χ2n) is 7.08. The topological polar surface area (TPSA) is 32.7 Å². The lowest BCUT2D eigenvalue weighted by Gasteiger charge is -2.52. The molecule has 0 aliphatic carbocycles. The van der Waals surface area contributed by atoms with E-state index in [1.165, 1.54) is 19.3 Å². The number of nitrogens with zero attached hydrogens (tertiary/aromatic N) is 1. The minimum atomic E-state index is 0.249. The number of aliphatic hydroxyl groups is 1. The molecule has 0 spiro atoms. The average molecular weight is 271 g/mol. The summed E-state index contributed by atoms with van der Waals surface area (Å²) in [4.78, 5) is 2.53. The van der Waals surface area contributed by atoms with Gasteiger partial charge in [-0.3, -0.25) is 4.90 Å². The fraction of sp³-hybridized carbons (Fsp3) is 1.00. The van der Waals surface area contributed by atoms with E-state index in [-0.39, 0.29) is 11.1 Å². The molecule has 0 atom stereocenters. The third-order valence-corrected chi connectivity index (χ3v) is 4.46. The predicted molar refractivity (Wildman–Crippen MR) is 80.2 cm³/mol. The van der Waals surface area contributed by atoms with Gasteiger partial charge in [0, 0.05) is 24.3 Å². The van der Waals surface area contributed by atoms with Crippen LogP contribution in [0.5, 0.6) is 0 Å². The van der Waals surface area contributed by atoms with Gasteiger partial charge < -0.3 is 9.84 Å². The molecular weight excluding hydrogens is 238 g/mol. The van der Waals surface area contributed by atoms with Crippen molar-refractivity contribution in [3.63, 3.8) is 0 Å². The van der Waals surface area contributed by atoms with E-state index in [9.17, 15) is 0 Å². The maximum atomic E-state index is 8.72. The standard InChI is InChI=1S/C16H33NO2/c1-15(2)10-9-11-16(3,4)17(15)14-19-13-8-6-5-7-12-18/h18H,5-14H2,1-4H3. The maximum Gasteiger partial charge on any atom is 0.0998 e. The molecule has 0 unspecified atom stereocenters. The van der Waals surface area contributed by atoms with Crippen molar-refractivity contribution >= 4 is 0 Å². The SMILES string of the molecule is CC1(C)CCCC(C)(C)N1COCCCCCCO. The van der Waals surface area contributed by atoms with Gasteiger partial charge in [-0.2, -0.15) is 0 Å². The molecule has 19 heavy (non-hydrogen) atoms. The zero-order valence-corrected chi connectivity index (χ0v) is 13.4. The number of piperidine rings is 1. The zero-order chi connectivity index (χ0) is 14.4. The molecule has 114 valence electrons. The molecular formula is C16H33NO2. The van der Waals surface area contributed by atoms with E-state index in [0.717, 1.165) is 39.0 Å². The Bertz CT molecular complexity index is 235. The van der Waals surface area contributed by atoms with Crippen molar-refractivity contribution in [2.24, 2.45) is 0 Å². The molecule has 0 aromatic heterocycles. The van der Waals surface area contributed by atoms with E-state index in [1.54, 1.807) is 0 Å². The summed E-state index contributed by atoms with van der Waals surface area (Å²) in [6.45, 7) is 11.2. The number of rotatable bonds is 8. The Labute approximate surface area is 119 Å². The Hall–Kier alpha value is -0.120. The van der Waals surface area contributed by atoms with Crippen molar-refractivity contribution in [1.29, 1.82) is 0 Å². The highest BCUT2D eigenvalue weighted by Gasteiger charge is 2.40. The highest BCUT2D eigenvalue weighted by atomic mass is 16.5. The van der Waals surface area contributed by atoms with Crippen LogP contribution < -0.4 is 0 Å². The molecule has 1 N–H and O–H groups in total. The van der Waals surface area contributed by atoms with Crippen LogP contribution in [-0.2, 0) is 4.74 Å². The fourth-order valence-corrected chi connectivity index (χ4v) is 3.22. The van der Waals surface area contributed by atoms with Gasteiger partial charge in [-0.1, -0.05) is 12.8 Å². The summed E-state index contributed by atoms with van der Waals surface area (Å²) in [6, 6.07) is 0. The van der Waals surface area contributed by atoms with Crippen molar-refractivity contribution in [3.8, 4) is 0 Å². The van der Waals surface area contributed by atoms with Crippen LogP contribution in [0.2, 0.25) is 0 Å². The van der Waals surface area contributed by atoms with Crippen LogP contribution in [0, 0.1) is 0 Å². The number of hydrogen-bond acceptors (Lipinski definition) is 3. The van der Waals surface area contributed by atoms with Gasteiger partial charge >= 0.3 is 0 Å². The van der Waals surface area contributed by atoms with Crippen molar-refractivity contribution in [2.75, 3.05) is 19.9 Å². The van der Waals surface area contributed by atoms with Gasteiger partial charge in [0.15, 0.2) is 0 Å². The monoisotopic (exact) mass is 271 g/mol. The van der Waals surface area contributed by atoms with Gasteiger partial charge in [0.2, 0.25) is 0 Å². The van der Waals surface area contributed by atoms with Crippen LogP contribution >= 0.6 is 0 Å². The average Bonchev–Trinajstić information content (AvgIpc) is 2.30. The van der Waals surface area contributed by atoms with Gasteiger partial charge in [-0.05, 0) is 59.8 Å². The number of likely N-dealkylation sites (tertiary alicyclic amines) is 1. The molecule has 1 aliphatic rings. The smallest absolute Gasteiger partial charge is 0.0998 e. The second-order valence-corrected chi connectivity index (χ2v) is 7.08. The largest absolute Gasteiger partial charge is 0.396 e. The summed E-state index contributed by atoms with van der Waals surface area (Å²) in [5.74, 6) is 0. The number of hydrogen-bond donors (Lipinski definition) is 1. The summed E-state index contributed by atoms with van der Waals surface area (Å²) in [5.41, 5.74) is 0.497. The third kappa shape index (κ3) is 5.41. The van der Waals surface area contributed by atoms with Crippen LogP contribution in [0.15, 0.2) is 0 Å². The number of unbranched alkanes of at least 4 members (excludes halogenated alkanes) is 3. The van der Waals surface area contributed by atoms with Crippen molar-refractivity contribution < 1.29 is 9.84 Å². The van der Waals surface area contributed by atoms with E-state index in [1.807, 2.05) is 0 Å². The minimum absolute atomic E-state index is 0.249.